The van der Waals surface area contributed by atoms with E-state index in [1.807, 2.05) is 12.3 Å². The fraction of sp³-hybridized carbons (Fsp3) is 0.737. The first-order valence-electron chi connectivity index (χ1n) is 8.85. The molecular weight excluding hydrogens is 288 g/mol. The Balaban J connectivity index is 2.56. The Morgan fingerprint density at radius 1 is 1.09 bits per heavy atom. The van der Waals surface area contributed by atoms with Gasteiger partial charge in [0.05, 0.1) is 6.26 Å². The second-order valence-electron chi connectivity index (χ2n) is 7.47. The van der Waals surface area contributed by atoms with Crippen LogP contribution in [-0.4, -0.2) is 14.1 Å². The molecule has 3 heteroatoms. The molecule has 0 unspecified atom stereocenters. The van der Waals surface area contributed by atoms with E-state index in [9.17, 15) is 4.79 Å². The van der Waals surface area contributed by atoms with Crippen molar-refractivity contribution in [2.45, 2.75) is 90.3 Å². The third-order valence-corrected chi connectivity index (χ3v) is 11.0. The van der Waals surface area contributed by atoms with Crippen LogP contribution >= 0.6 is 0 Å². The first-order chi connectivity index (χ1) is 10.3. The Hall–Kier alpha value is -0.833. The molecule has 0 radical (unpaired) electrons. The van der Waals surface area contributed by atoms with Crippen molar-refractivity contribution in [2.24, 2.45) is 0 Å². The lowest BCUT2D eigenvalue weighted by atomic mass is 9.95. The van der Waals surface area contributed by atoms with Gasteiger partial charge >= 0.3 is 0 Å². The van der Waals surface area contributed by atoms with E-state index < -0.39 is 8.32 Å². The van der Waals surface area contributed by atoms with E-state index >= 15 is 0 Å². The summed E-state index contributed by atoms with van der Waals surface area (Å²) >= 11 is 0. The molecule has 0 saturated heterocycles. The van der Waals surface area contributed by atoms with Gasteiger partial charge in [-0.15, -0.1) is 0 Å². The molecule has 0 aromatic heterocycles. The molecule has 126 valence electrons. The summed E-state index contributed by atoms with van der Waals surface area (Å²) in [6.07, 6.45) is 10.8. The van der Waals surface area contributed by atoms with Gasteiger partial charge in [0.1, 0.15) is 0 Å². The van der Waals surface area contributed by atoms with Gasteiger partial charge in [0.15, 0.2) is 5.78 Å². The molecule has 0 aromatic carbocycles. The zero-order chi connectivity index (χ0) is 16.8. The van der Waals surface area contributed by atoms with Crippen LogP contribution in [0.5, 0.6) is 0 Å². The Morgan fingerprint density at radius 3 is 2.18 bits per heavy atom. The second kappa shape index (κ2) is 8.71. The molecular formula is C19H34O2Si. The molecule has 0 fully saturated rings. The third kappa shape index (κ3) is 4.84. The summed E-state index contributed by atoms with van der Waals surface area (Å²) in [5, 5.41) is 0. The van der Waals surface area contributed by atoms with Crippen LogP contribution < -0.4 is 0 Å². The third-order valence-electron chi connectivity index (χ3n) is 4.99. The van der Waals surface area contributed by atoms with Gasteiger partial charge in [0.25, 0.3) is 8.32 Å². The second-order valence-corrected chi connectivity index (χ2v) is 12.9. The van der Waals surface area contributed by atoms with Crippen molar-refractivity contribution in [3.63, 3.8) is 0 Å². The van der Waals surface area contributed by atoms with Crippen molar-refractivity contribution in [3.05, 3.63) is 24.0 Å². The number of carbonyl (C=O) groups is 1. The van der Waals surface area contributed by atoms with Crippen LogP contribution in [0.4, 0.5) is 0 Å². The van der Waals surface area contributed by atoms with Crippen LogP contribution in [0.1, 0.15) is 73.6 Å². The fourth-order valence-corrected chi connectivity index (χ4v) is 9.12. The molecule has 0 atom stereocenters. The lowest BCUT2D eigenvalue weighted by Gasteiger charge is -2.41. The number of allylic oxidation sites excluding steroid dienone is 3. The topological polar surface area (TPSA) is 26.3 Å². The summed E-state index contributed by atoms with van der Waals surface area (Å²) in [5.41, 5.74) is 3.13. The average molecular weight is 323 g/mol. The minimum Gasteiger partial charge on any atom is -0.548 e. The number of hydrogen-bond donors (Lipinski definition) is 0. The van der Waals surface area contributed by atoms with Gasteiger partial charge in [-0.1, -0.05) is 53.2 Å². The SMILES string of the molecule is CC(C)[Si](O/C=C/CCC1=CC(=O)CCC1)(C(C)C)C(C)C. The number of hydrogen-bond acceptors (Lipinski definition) is 2. The molecule has 1 aliphatic rings. The monoisotopic (exact) mass is 322 g/mol. The van der Waals surface area contributed by atoms with Crippen LogP contribution in [0.2, 0.25) is 16.6 Å². The molecule has 0 saturated carbocycles. The summed E-state index contributed by atoms with van der Waals surface area (Å²) in [4.78, 5) is 11.4. The van der Waals surface area contributed by atoms with Gasteiger partial charge < -0.3 is 4.43 Å². The van der Waals surface area contributed by atoms with Crippen LogP contribution in [-0.2, 0) is 9.22 Å². The number of rotatable bonds is 8. The first kappa shape index (κ1) is 19.2. The van der Waals surface area contributed by atoms with Gasteiger partial charge in [-0.05, 0) is 48.4 Å². The van der Waals surface area contributed by atoms with Crippen molar-refractivity contribution in [3.8, 4) is 0 Å². The van der Waals surface area contributed by atoms with E-state index in [2.05, 4.69) is 47.6 Å². The lowest BCUT2D eigenvalue weighted by Crippen LogP contribution is -2.46. The van der Waals surface area contributed by atoms with Crippen LogP contribution in [0.3, 0.4) is 0 Å². The zero-order valence-electron chi connectivity index (χ0n) is 15.3. The lowest BCUT2D eigenvalue weighted by molar-refractivity contribution is -0.115. The molecule has 0 N–H and O–H groups in total. The Bertz CT molecular complexity index is 397. The Morgan fingerprint density at radius 2 is 1.68 bits per heavy atom. The molecule has 0 bridgehead atoms. The fourth-order valence-electron chi connectivity index (χ4n) is 3.97. The number of carbonyl (C=O) groups excluding carboxylic acids is 1. The summed E-state index contributed by atoms with van der Waals surface area (Å²) in [6.45, 7) is 13.8. The van der Waals surface area contributed by atoms with Crippen LogP contribution in [0.15, 0.2) is 24.0 Å². The maximum Gasteiger partial charge on any atom is 0.257 e. The highest BCUT2D eigenvalue weighted by Crippen LogP contribution is 2.42. The van der Waals surface area contributed by atoms with E-state index in [1.54, 1.807) is 0 Å². The largest absolute Gasteiger partial charge is 0.548 e. The standard InChI is InChI=1S/C19H34O2Si/c1-15(2)22(16(3)4,17(5)6)21-13-8-7-10-18-11-9-12-19(20)14-18/h8,13-17H,7,9-12H2,1-6H3/b13-8+. The smallest absolute Gasteiger partial charge is 0.257 e. The predicted molar refractivity (Wildman–Crippen MR) is 97.4 cm³/mol. The molecule has 1 aliphatic carbocycles. The van der Waals surface area contributed by atoms with Gasteiger partial charge in [0.2, 0.25) is 0 Å². The Kier molecular flexibility index (Phi) is 7.61. The van der Waals surface area contributed by atoms with Crippen molar-refractivity contribution >= 4 is 14.1 Å². The van der Waals surface area contributed by atoms with Gasteiger partial charge in [-0.2, -0.15) is 0 Å². The molecule has 2 nitrogen and oxygen atoms in total. The maximum absolute atomic E-state index is 11.4. The Labute approximate surface area is 138 Å². The van der Waals surface area contributed by atoms with Crippen LogP contribution in [0, 0.1) is 0 Å². The van der Waals surface area contributed by atoms with Gasteiger partial charge in [-0.3, -0.25) is 4.79 Å². The highest BCUT2D eigenvalue weighted by atomic mass is 28.4. The summed E-state index contributed by atoms with van der Waals surface area (Å²) in [6, 6.07) is 0. The normalized spacial score (nSPS) is 17.0. The summed E-state index contributed by atoms with van der Waals surface area (Å²) in [7, 11) is -1.78. The van der Waals surface area contributed by atoms with Crippen molar-refractivity contribution < 1.29 is 9.22 Å². The highest BCUT2D eigenvalue weighted by Gasteiger charge is 2.46. The van der Waals surface area contributed by atoms with Gasteiger partial charge in [-0.25, -0.2) is 0 Å². The summed E-state index contributed by atoms with van der Waals surface area (Å²) < 4.78 is 6.40. The van der Waals surface area contributed by atoms with Crippen molar-refractivity contribution in [1.29, 1.82) is 0 Å². The molecule has 0 heterocycles. The van der Waals surface area contributed by atoms with Crippen molar-refractivity contribution in [1.82, 2.24) is 0 Å². The predicted octanol–water partition coefficient (Wildman–Crippen LogP) is 6.15. The van der Waals surface area contributed by atoms with E-state index in [0.717, 1.165) is 32.1 Å². The van der Waals surface area contributed by atoms with E-state index in [-0.39, 0.29) is 0 Å². The van der Waals surface area contributed by atoms with Gasteiger partial charge in [0, 0.05) is 6.42 Å². The molecule has 0 spiro atoms. The zero-order valence-corrected chi connectivity index (χ0v) is 16.3. The molecule has 22 heavy (non-hydrogen) atoms. The summed E-state index contributed by atoms with van der Waals surface area (Å²) in [5.74, 6) is 0.298. The molecule has 1 rings (SSSR count). The highest BCUT2D eigenvalue weighted by molar-refractivity contribution is 6.77. The quantitative estimate of drug-likeness (QED) is 0.395. The molecule has 0 aliphatic heterocycles. The van der Waals surface area contributed by atoms with E-state index in [4.69, 9.17) is 4.43 Å². The van der Waals surface area contributed by atoms with Crippen LogP contribution in [0.25, 0.3) is 0 Å². The maximum atomic E-state index is 11.4. The number of ketones is 1. The van der Waals surface area contributed by atoms with E-state index in [0.29, 0.717) is 22.4 Å². The molecule has 0 amide bonds. The van der Waals surface area contributed by atoms with E-state index in [1.165, 1.54) is 5.57 Å². The molecule has 0 aromatic rings. The van der Waals surface area contributed by atoms with Crippen molar-refractivity contribution in [2.75, 3.05) is 0 Å². The first-order valence-corrected chi connectivity index (χ1v) is 11.0. The minimum atomic E-state index is -1.78. The average Bonchev–Trinajstić information content (AvgIpc) is 2.41. The minimum absolute atomic E-state index is 0.298.